The van der Waals surface area contributed by atoms with Crippen molar-refractivity contribution in [3.8, 4) is 5.75 Å². The number of hydrogen-bond acceptors (Lipinski definition) is 6. The van der Waals surface area contributed by atoms with Crippen molar-refractivity contribution in [3.63, 3.8) is 0 Å². The van der Waals surface area contributed by atoms with Crippen LogP contribution in [0.2, 0.25) is 0 Å². The van der Waals surface area contributed by atoms with Crippen molar-refractivity contribution < 1.29 is 22.7 Å². The van der Waals surface area contributed by atoms with Crippen LogP contribution in [-0.4, -0.2) is 52.8 Å². The number of imide groups is 1. The molecule has 1 aromatic carbocycles. The molecule has 3 amide bonds. The summed E-state index contributed by atoms with van der Waals surface area (Å²) in [5.41, 5.74) is -0.600. The van der Waals surface area contributed by atoms with Crippen LogP contribution in [0.15, 0.2) is 39.1 Å². The Kier molecular flexibility index (Phi) is 6.01. The molecule has 0 bridgehead atoms. The van der Waals surface area contributed by atoms with Gasteiger partial charge in [0.2, 0.25) is 10.0 Å². The van der Waals surface area contributed by atoms with Crippen LogP contribution < -0.4 is 15.4 Å². The zero-order chi connectivity index (χ0) is 22.2. The molecular weight excluding hydrogens is 535 g/mol. The zero-order valence-electron chi connectivity index (χ0n) is 17.1. The maximum atomic E-state index is 13.0. The number of amides is 3. The molecule has 4 rings (SSSR count). The van der Waals surface area contributed by atoms with Crippen LogP contribution in [0.25, 0.3) is 0 Å². The Bertz CT molecular complexity index is 1110. The number of nitrogens with zero attached hydrogens (tertiary/aromatic N) is 2. The predicted molar refractivity (Wildman–Crippen MR) is 126 cm³/mol. The quantitative estimate of drug-likeness (QED) is 0.373. The first-order valence-corrected chi connectivity index (χ1v) is 13.7. The fourth-order valence-corrected chi connectivity index (χ4v) is 6.46. The molecule has 11 heteroatoms. The number of carbonyl (C=O) groups excluding carboxylic acids is 2. The normalized spacial score (nSPS) is 23.6. The van der Waals surface area contributed by atoms with E-state index in [-0.39, 0.29) is 33.2 Å². The molecule has 2 aliphatic heterocycles. The van der Waals surface area contributed by atoms with E-state index >= 15 is 0 Å². The minimum absolute atomic E-state index is 0.142. The number of benzene rings is 1. The lowest BCUT2D eigenvalue weighted by Crippen LogP contribution is -2.56. The maximum Gasteiger partial charge on any atom is 0.322 e. The summed E-state index contributed by atoms with van der Waals surface area (Å²) in [5.74, 6) is 0.198. The first kappa shape index (κ1) is 22.1. The first-order chi connectivity index (χ1) is 14.7. The molecule has 1 aromatic rings. The molecule has 0 radical (unpaired) electrons. The smallest absolute Gasteiger partial charge is 0.322 e. The molecule has 0 spiro atoms. The van der Waals surface area contributed by atoms with Crippen LogP contribution >= 0.6 is 20.7 Å². The van der Waals surface area contributed by atoms with Gasteiger partial charge >= 0.3 is 6.03 Å². The standard InChI is InChI=1S/C20H23IN4O5S/c1-13-21-9-17(10-22-13)30-16-7-3-14(4-8-16)11-25(2)31(28,29)12-20(15-5-6-15)18(26)23-19(27)24-20/h3-4,7-10,15H,5-6,11-12H2,1-2H3,(H2,23,24,26,27)/t20-/m0/s1. The van der Waals surface area contributed by atoms with Gasteiger partial charge in [-0.1, -0.05) is 32.9 Å². The van der Waals surface area contributed by atoms with E-state index in [9.17, 15) is 18.0 Å². The van der Waals surface area contributed by atoms with Gasteiger partial charge in [-0.2, -0.15) is 0 Å². The second kappa shape index (κ2) is 8.43. The summed E-state index contributed by atoms with van der Waals surface area (Å²) in [7, 11) is -2.33. The topological polar surface area (TPSA) is 117 Å². The lowest BCUT2D eigenvalue weighted by molar-refractivity contribution is -0.123. The summed E-state index contributed by atoms with van der Waals surface area (Å²) in [6, 6.07) is 6.53. The lowest BCUT2D eigenvalue weighted by atomic mass is 9.96. The van der Waals surface area contributed by atoms with Crippen LogP contribution in [0, 0.1) is 5.92 Å². The van der Waals surface area contributed by atoms with Crippen molar-refractivity contribution in [1.29, 1.82) is 0 Å². The van der Waals surface area contributed by atoms with E-state index < -0.39 is 33.3 Å². The zero-order valence-corrected chi connectivity index (χ0v) is 20.1. The highest BCUT2D eigenvalue weighted by molar-refractivity contribution is 14.2. The molecule has 166 valence electrons. The third kappa shape index (κ3) is 4.88. The van der Waals surface area contributed by atoms with Gasteiger partial charge in [0, 0.05) is 17.7 Å². The molecule has 1 saturated carbocycles. The van der Waals surface area contributed by atoms with Crippen molar-refractivity contribution in [2.75, 3.05) is 12.8 Å². The molecule has 1 aliphatic carbocycles. The van der Waals surface area contributed by atoms with E-state index in [2.05, 4.69) is 19.7 Å². The number of sulfonamides is 1. The van der Waals surface area contributed by atoms with Gasteiger partial charge in [-0.3, -0.25) is 15.1 Å². The summed E-state index contributed by atoms with van der Waals surface area (Å²) in [6.45, 7) is 2.14. The molecule has 0 aromatic heterocycles. The number of ether oxygens (including phenoxy) is 1. The van der Waals surface area contributed by atoms with E-state index in [4.69, 9.17) is 4.74 Å². The van der Waals surface area contributed by atoms with Crippen molar-refractivity contribution in [2.45, 2.75) is 31.8 Å². The predicted octanol–water partition coefficient (Wildman–Crippen LogP) is 1.86. The van der Waals surface area contributed by atoms with Gasteiger partial charge in [0.05, 0.1) is 15.6 Å². The van der Waals surface area contributed by atoms with Crippen molar-refractivity contribution in [3.05, 3.63) is 39.7 Å². The van der Waals surface area contributed by atoms with E-state index in [1.165, 1.54) is 11.4 Å². The number of nitrogens with one attached hydrogen (secondary N) is 2. The van der Waals surface area contributed by atoms with E-state index in [1.54, 1.807) is 30.5 Å². The highest BCUT2D eigenvalue weighted by Gasteiger charge is 2.58. The summed E-state index contributed by atoms with van der Waals surface area (Å²) < 4.78 is 36.2. The van der Waals surface area contributed by atoms with Gasteiger partial charge in [0.25, 0.3) is 5.91 Å². The van der Waals surface area contributed by atoms with Crippen LogP contribution in [0.1, 0.15) is 25.3 Å². The van der Waals surface area contributed by atoms with E-state index in [0.29, 0.717) is 11.5 Å². The molecule has 1 atom stereocenters. The molecule has 3 aliphatic rings. The number of urea groups is 1. The van der Waals surface area contributed by atoms with E-state index in [0.717, 1.165) is 22.0 Å². The third-order valence-corrected chi connectivity index (χ3v) is 9.39. The second-order valence-electron chi connectivity index (χ2n) is 7.79. The van der Waals surface area contributed by atoms with E-state index in [1.807, 2.05) is 6.92 Å². The monoisotopic (exact) mass is 558 g/mol. The number of hydrogen-bond donors (Lipinski definition) is 2. The Balaban J connectivity index is 1.41. The second-order valence-corrected chi connectivity index (χ2v) is 12.7. The number of aliphatic imine (C=N–C) groups is 1. The summed E-state index contributed by atoms with van der Waals surface area (Å²) >= 11 is -0.232. The first-order valence-electron chi connectivity index (χ1n) is 9.73. The number of rotatable bonds is 8. The van der Waals surface area contributed by atoms with Gasteiger partial charge < -0.3 is 10.1 Å². The summed E-state index contributed by atoms with van der Waals surface area (Å²) in [6.07, 6.45) is 3.13. The molecule has 0 unspecified atom stereocenters. The van der Waals surface area contributed by atoms with Gasteiger partial charge in [0.1, 0.15) is 11.3 Å². The van der Waals surface area contributed by atoms with Crippen LogP contribution in [0.4, 0.5) is 4.79 Å². The number of halogens is 1. The highest BCUT2D eigenvalue weighted by Crippen LogP contribution is 2.42. The minimum Gasteiger partial charge on any atom is -0.455 e. The summed E-state index contributed by atoms with van der Waals surface area (Å²) in [4.78, 5) is 28.3. The van der Waals surface area contributed by atoms with Gasteiger partial charge in [0.15, 0.2) is 5.76 Å². The minimum atomic E-state index is -3.80. The Morgan fingerprint density at radius 2 is 1.97 bits per heavy atom. The Hall–Kier alpha value is -2.12. The fourth-order valence-electron chi connectivity index (χ4n) is 3.53. The molecule has 9 nitrogen and oxygen atoms in total. The average Bonchev–Trinajstić information content (AvgIpc) is 3.52. The fraction of sp³-hybridized carbons (Fsp3) is 0.400. The van der Waals surface area contributed by atoms with Gasteiger partial charge in [-0.15, -0.1) is 0 Å². The van der Waals surface area contributed by atoms with Crippen molar-refractivity contribution in [2.24, 2.45) is 10.9 Å². The van der Waals surface area contributed by atoms with Crippen molar-refractivity contribution >= 4 is 52.5 Å². The average molecular weight is 558 g/mol. The largest absolute Gasteiger partial charge is 0.455 e. The van der Waals surface area contributed by atoms with Gasteiger partial charge in [-0.05, 0) is 43.4 Å². The van der Waals surface area contributed by atoms with Crippen LogP contribution in [-0.2, 0) is 21.4 Å². The maximum absolute atomic E-state index is 13.0. The summed E-state index contributed by atoms with van der Waals surface area (Å²) in [5, 5.41) is 4.75. The Morgan fingerprint density at radius 1 is 1.26 bits per heavy atom. The molecule has 2 fully saturated rings. The van der Waals surface area contributed by atoms with Gasteiger partial charge in [-0.25, -0.2) is 17.5 Å². The molecule has 1 saturated heterocycles. The molecule has 2 heterocycles. The Labute approximate surface area is 190 Å². The Morgan fingerprint density at radius 3 is 2.52 bits per heavy atom. The van der Waals surface area contributed by atoms with Crippen LogP contribution in [0.5, 0.6) is 5.75 Å². The molecular formula is C20H23IN4O5S. The highest BCUT2D eigenvalue weighted by atomic mass is 127. The molecule has 31 heavy (non-hydrogen) atoms. The van der Waals surface area contributed by atoms with Crippen molar-refractivity contribution in [1.82, 2.24) is 14.9 Å². The third-order valence-electron chi connectivity index (χ3n) is 5.38. The molecule has 2 N–H and O–H groups in total. The number of carbonyl (C=O) groups is 2. The van der Waals surface area contributed by atoms with Crippen LogP contribution in [0.3, 0.4) is 0 Å². The SMILES string of the molecule is CC1=IC=C(Oc2ccc(CN(C)S(=O)(=O)C[C@@]3(C4CC4)NC(=O)NC3=O)cc2)C=N1. The lowest BCUT2D eigenvalue weighted by Gasteiger charge is -2.28. The number of allylic oxidation sites excluding steroid dienone is 1.